The van der Waals surface area contributed by atoms with Crippen molar-refractivity contribution in [3.8, 4) is 10.4 Å². The van der Waals surface area contributed by atoms with Crippen LogP contribution in [0.5, 0.6) is 0 Å². The number of rotatable bonds is 3. The van der Waals surface area contributed by atoms with Crippen molar-refractivity contribution < 1.29 is 31.9 Å². The Kier molecular flexibility index (Phi) is 4.38. The van der Waals surface area contributed by atoms with Gasteiger partial charge in [-0.1, -0.05) is 0 Å². The Hall–Kier alpha value is -2.21. The zero-order valence-electron chi connectivity index (χ0n) is 14.2. The van der Waals surface area contributed by atoms with E-state index < -0.39 is 49.5 Å². The number of carbonyl (C=O) groups excluding carboxylic acids is 1. The summed E-state index contributed by atoms with van der Waals surface area (Å²) >= 11 is 1.00. The molecule has 0 radical (unpaired) electrons. The van der Waals surface area contributed by atoms with E-state index in [2.05, 4.69) is 15.5 Å². The summed E-state index contributed by atoms with van der Waals surface area (Å²) in [5.41, 5.74) is 1.17. The summed E-state index contributed by atoms with van der Waals surface area (Å²) in [7, 11) is 0. The fourth-order valence-corrected chi connectivity index (χ4v) is 4.87. The van der Waals surface area contributed by atoms with Crippen molar-refractivity contribution in [3.63, 3.8) is 0 Å². The molecule has 0 unspecified atom stereocenters. The molecule has 0 bridgehead atoms. The predicted molar refractivity (Wildman–Crippen MR) is 90.7 cm³/mol. The van der Waals surface area contributed by atoms with Gasteiger partial charge in [-0.2, -0.15) is 18.3 Å². The van der Waals surface area contributed by atoms with Crippen LogP contribution in [-0.2, 0) is 6.42 Å². The summed E-state index contributed by atoms with van der Waals surface area (Å²) in [5.74, 6) is -3.74. The quantitative estimate of drug-likeness (QED) is 0.665. The van der Waals surface area contributed by atoms with Gasteiger partial charge in [-0.3, -0.25) is 9.89 Å². The summed E-state index contributed by atoms with van der Waals surface area (Å²) in [6.45, 7) is -0.960. The molecule has 6 nitrogen and oxygen atoms in total. The molecule has 1 amide bonds. The molecule has 4 rings (SSSR count). The Bertz CT molecular complexity index is 896. The number of aromatic amines is 1. The highest BCUT2D eigenvalue weighted by Gasteiger charge is 2.46. The molecular weight excluding hydrogens is 407 g/mol. The molecular formula is C16H15F5N4O2S. The van der Waals surface area contributed by atoms with Gasteiger partial charge in [0.15, 0.2) is 6.10 Å². The first-order valence-corrected chi connectivity index (χ1v) is 9.20. The Labute approximate surface area is 159 Å². The lowest BCUT2D eigenvalue weighted by molar-refractivity contribution is -0.206. The number of aliphatic hydroxyl groups excluding tert-OH is 1. The molecule has 28 heavy (non-hydrogen) atoms. The Morgan fingerprint density at radius 2 is 2.14 bits per heavy atom. The number of amides is 1. The van der Waals surface area contributed by atoms with Gasteiger partial charge in [0.2, 0.25) is 0 Å². The third-order valence-electron chi connectivity index (χ3n) is 4.78. The SMILES string of the molecule is O=C1N[C@H](C[C@@H](O)C(F)(F)F)CN2CC(F)(F)Cc3c(-c4cn[nH]c4)sc1c32. The minimum Gasteiger partial charge on any atom is -0.384 e. The molecule has 12 heteroatoms. The average molecular weight is 422 g/mol. The van der Waals surface area contributed by atoms with Gasteiger partial charge in [0, 0.05) is 47.6 Å². The number of nitrogens with zero attached hydrogens (tertiary/aromatic N) is 2. The van der Waals surface area contributed by atoms with Gasteiger partial charge in [0.05, 0.1) is 18.4 Å². The molecule has 0 saturated heterocycles. The molecule has 152 valence electrons. The van der Waals surface area contributed by atoms with Gasteiger partial charge < -0.3 is 15.3 Å². The van der Waals surface area contributed by atoms with Gasteiger partial charge in [0.1, 0.15) is 4.88 Å². The highest BCUT2D eigenvalue weighted by Crippen LogP contribution is 2.48. The van der Waals surface area contributed by atoms with E-state index in [1.807, 2.05) is 0 Å². The number of nitrogens with one attached hydrogen (secondary N) is 2. The summed E-state index contributed by atoms with van der Waals surface area (Å²) in [5, 5.41) is 18.2. The van der Waals surface area contributed by atoms with Crippen LogP contribution < -0.4 is 10.2 Å². The van der Waals surface area contributed by atoms with Crippen molar-refractivity contribution in [2.45, 2.75) is 37.1 Å². The number of aliphatic hydroxyl groups is 1. The van der Waals surface area contributed by atoms with E-state index in [0.29, 0.717) is 16.1 Å². The van der Waals surface area contributed by atoms with Gasteiger partial charge in [-0.15, -0.1) is 11.3 Å². The van der Waals surface area contributed by atoms with Crippen LogP contribution in [0.1, 0.15) is 21.7 Å². The largest absolute Gasteiger partial charge is 0.414 e. The molecule has 2 aromatic rings. The third-order valence-corrected chi connectivity index (χ3v) is 6.05. The van der Waals surface area contributed by atoms with E-state index in [0.717, 1.165) is 11.3 Å². The number of thiophene rings is 1. The minimum absolute atomic E-state index is 0.172. The third kappa shape index (κ3) is 3.34. The Morgan fingerprint density at radius 1 is 1.39 bits per heavy atom. The predicted octanol–water partition coefficient (Wildman–Crippen LogP) is 2.56. The second kappa shape index (κ2) is 6.41. The van der Waals surface area contributed by atoms with E-state index in [1.54, 1.807) is 0 Å². The van der Waals surface area contributed by atoms with Crippen LogP contribution in [0.3, 0.4) is 0 Å². The van der Waals surface area contributed by atoms with Crippen molar-refractivity contribution in [1.82, 2.24) is 15.5 Å². The van der Waals surface area contributed by atoms with Gasteiger partial charge in [-0.25, -0.2) is 8.78 Å². The van der Waals surface area contributed by atoms with E-state index in [4.69, 9.17) is 0 Å². The zero-order chi connectivity index (χ0) is 20.3. The van der Waals surface area contributed by atoms with E-state index in [9.17, 15) is 31.9 Å². The van der Waals surface area contributed by atoms with Crippen LogP contribution >= 0.6 is 11.3 Å². The van der Waals surface area contributed by atoms with E-state index in [-0.39, 0.29) is 17.0 Å². The first kappa shape index (κ1) is 19.1. The van der Waals surface area contributed by atoms with Crippen molar-refractivity contribution in [1.29, 1.82) is 0 Å². The molecule has 2 aromatic heterocycles. The number of H-pyrrole nitrogens is 1. The number of hydrogen-bond acceptors (Lipinski definition) is 5. The molecule has 0 aromatic carbocycles. The lowest BCUT2D eigenvalue weighted by Crippen LogP contribution is -2.49. The highest BCUT2D eigenvalue weighted by atomic mass is 32.1. The van der Waals surface area contributed by atoms with Crippen LogP contribution in [0.25, 0.3) is 10.4 Å². The fraction of sp³-hybridized carbons (Fsp3) is 0.500. The molecule has 3 N–H and O–H groups in total. The maximum Gasteiger partial charge on any atom is 0.414 e. The molecule has 0 fully saturated rings. The number of hydrogen-bond donors (Lipinski definition) is 3. The standard InChI is InChI=1S/C16H15F5N4O2S/c17-15(18)2-9-11-13(28-12(9)7-3-22-23-4-7)14(27)24-8(5-25(11)6-15)1-10(26)16(19,20)21/h3-4,8,10,26H,1-2,5-6H2,(H,22,23)(H,24,27)/t8-,10-/m1/s1. The van der Waals surface area contributed by atoms with Gasteiger partial charge in [0.25, 0.3) is 11.8 Å². The molecule has 0 saturated carbocycles. The summed E-state index contributed by atoms with van der Waals surface area (Å²) in [4.78, 5) is 14.5. The summed E-state index contributed by atoms with van der Waals surface area (Å²) in [6.07, 6.45) is -5.90. The van der Waals surface area contributed by atoms with Crippen molar-refractivity contribution in [2.75, 3.05) is 18.0 Å². The minimum atomic E-state index is -4.85. The van der Waals surface area contributed by atoms with E-state index in [1.165, 1.54) is 17.3 Å². The second-order valence-electron chi connectivity index (χ2n) is 6.95. The molecule has 0 spiro atoms. The smallest absolute Gasteiger partial charge is 0.384 e. The lowest BCUT2D eigenvalue weighted by atomic mass is 9.97. The van der Waals surface area contributed by atoms with Crippen LogP contribution in [0, 0.1) is 0 Å². The van der Waals surface area contributed by atoms with Crippen molar-refractivity contribution in [2.24, 2.45) is 0 Å². The molecule has 4 heterocycles. The molecule has 0 aliphatic carbocycles. The highest BCUT2D eigenvalue weighted by molar-refractivity contribution is 7.18. The van der Waals surface area contributed by atoms with Crippen LogP contribution in [0.15, 0.2) is 12.4 Å². The molecule has 2 aliphatic rings. The number of anilines is 1. The average Bonchev–Trinajstić information content (AvgIpc) is 3.17. The van der Waals surface area contributed by atoms with Crippen LogP contribution in [0.4, 0.5) is 27.6 Å². The van der Waals surface area contributed by atoms with Crippen LogP contribution in [-0.4, -0.2) is 58.5 Å². The number of carbonyl (C=O) groups is 1. The molecule has 2 aliphatic heterocycles. The normalized spacial score (nSPS) is 22.4. The maximum atomic E-state index is 14.4. The van der Waals surface area contributed by atoms with Gasteiger partial charge >= 0.3 is 6.18 Å². The summed E-state index contributed by atoms with van der Waals surface area (Å²) < 4.78 is 66.8. The monoisotopic (exact) mass is 422 g/mol. The fourth-order valence-electron chi connectivity index (χ4n) is 3.65. The van der Waals surface area contributed by atoms with Gasteiger partial charge in [-0.05, 0) is 0 Å². The number of alkyl halides is 5. The topological polar surface area (TPSA) is 81.2 Å². The Morgan fingerprint density at radius 3 is 2.79 bits per heavy atom. The molecule has 2 atom stereocenters. The maximum absolute atomic E-state index is 14.4. The summed E-state index contributed by atoms with van der Waals surface area (Å²) in [6, 6.07) is -1.12. The first-order valence-electron chi connectivity index (χ1n) is 8.38. The van der Waals surface area contributed by atoms with E-state index >= 15 is 0 Å². The van der Waals surface area contributed by atoms with Crippen LogP contribution in [0.2, 0.25) is 0 Å². The van der Waals surface area contributed by atoms with Crippen molar-refractivity contribution >= 4 is 22.9 Å². The number of aromatic nitrogens is 2. The number of halogens is 5. The lowest BCUT2D eigenvalue weighted by Gasteiger charge is -2.36. The second-order valence-corrected chi connectivity index (χ2v) is 7.97. The van der Waals surface area contributed by atoms with Crippen molar-refractivity contribution in [3.05, 3.63) is 22.8 Å². The zero-order valence-corrected chi connectivity index (χ0v) is 15.0. The Balaban J connectivity index is 1.73. The first-order chi connectivity index (χ1) is 13.0.